The Morgan fingerprint density at radius 2 is 0.758 bits per heavy atom. The molecule has 0 aliphatic carbocycles. The first kappa shape index (κ1) is 30.9. The van der Waals surface area contributed by atoms with Gasteiger partial charge in [0.25, 0.3) is 0 Å². The molecule has 0 saturated heterocycles. The summed E-state index contributed by atoms with van der Waals surface area (Å²) in [5.74, 6) is 0. The Morgan fingerprint density at radius 1 is 0.485 bits per heavy atom. The molecule has 0 fully saturated rings. The summed E-state index contributed by atoms with van der Waals surface area (Å²) in [6.45, 7) is -6.03. The summed E-state index contributed by atoms with van der Waals surface area (Å²) >= 11 is 0. The molecule has 0 heterocycles. The Balaban J connectivity index is 5.32. The van der Waals surface area contributed by atoms with Crippen molar-refractivity contribution >= 4 is 0 Å². The Morgan fingerprint density at radius 3 is 1.03 bits per heavy atom. The van der Waals surface area contributed by atoms with Crippen LogP contribution in [0.2, 0.25) is 0 Å². The SMILES string of the molecule is N#CCCOCC(F)(F)OC(F)(F)C(F)(F)OC(F)(F)C(F)(F)OC(F)(F)COCCC#N. The van der Waals surface area contributed by atoms with Crippen LogP contribution in [0.3, 0.4) is 0 Å². The van der Waals surface area contributed by atoms with Crippen LogP contribution >= 0.6 is 0 Å². The lowest BCUT2D eigenvalue weighted by Crippen LogP contribution is -2.58. The summed E-state index contributed by atoms with van der Waals surface area (Å²) in [6, 6.07) is 2.72. The van der Waals surface area contributed by atoms with Crippen molar-refractivity contribution in [2.45, 2.75) is 49.5 Å². The highest BCUT2D eigenvalue weighted by atomic mass is 19.4. The van der Waals surface area contributed by atoms with Crippen LogP contribution in [0.1, 0.15) is 12.8 Å². The quantitative estimate of drug-likeness (QED) is 0.221. The largest absolute Gasteiger partial charge is 0.453 e. The van der Waals surface area contributed by atoms with Crippen molar-refractivity contribution in [3.8, 4) is 12.1 Å². The highest BCUT2D eigenvalue weighted by Gasteiger charge is 2.74. The molecule has 33 heavy (non-hydrogen) atoms. The number of hydrogen-bond donors (Lipinski definition) is 0. The van der Waals surface area contributed by atoms with Gasteiger partial charge in [-0.05, 0) is 0 Å². The van der Waals surface area contributed by atoms with Gasteiger partial charge in [-0.15, -0.1) is 0 Å². The van der Waals surface area contributed by atoms with E-state index in [2.05, 4.69) is 18.9 Å². The third-order valence-electron chi connectivity index (χ3n) is 2.75. The summed E-state index contributed by atoms with van der Waals surface area (Å²) in [4.78, 5) is 0. The number of rotatable bonds is 16. The van der Waals surface area contributed by atoms with Gasteiger partial charge >= 0.3 is 36.7 Å². The molecule has 0 aromatic carbocycles. The first-order valence-corrected chi connectivity index (χ1v) is 8.01. The molecule has 0 radical (unpaired) electrons. The van der Waals surface area contributed by atoms with E-state index < -0.39 is 75.9 Å². The van der Waals surface area contributed by atoms with Crippen LogP contribution in [-0.4, -0.2) is 63.1 Å². The lowest BCUT2D eigenvalue weighted by atomic mass is 10.5. The molecular weight excluding hydrogens is 504 g/mol. The number of nitrogens with zero attached hydrogens (tertiary/aromatic N) is 2. The van der Waals surface area contributed by atoms with Crippen LogP contribution in [-0.2, 0) is 23.7 Å². The minimum absolute atomic E-state index is 0.555. The first-order valence-electron chi connectivity index (χ1n) is 8.01. The Hall–Kier alpha value is -2.06. The van der Waals surface area contributed by atoms with E-state index in [9.17, 15) is 52.7 Å². The minimum atomic E-state index is -6.96. The zero-order chi connectivity index (χ0) is 26.2. The Labute approximate surface area is 176 Å². The third-order valence-corrected chi connectivity index (χ3v) is 2.75. The van der Waals surface area contributed by atoms with Gasteiger partial charge in [-0.25, -0.2) is 14.2 Å². The van der Waals surface area contributed by atoms with Gasteiger partial charge in [0.15, 0.2) is 0 Å². The fourth-order valence-electron chi connectivity index (χ4n) is 1.45. The molecule has 0 unspecified atom stereocenters. The van der Waals surface area contributed by atoms with Gasteiger partial charge in [-0.3, -0.25) is 0 Å². The van der Waals surface area contributed by atoms with Gasteiger partial charge in [0.05, 0.1) is 38.2 Å². The van der Waals surface area contributed by atoms with E-state index in [1.54, 1.807) is 0 Å². The minimum Gasteiger partial charge on any atom is -0.371 e. The van der Waals surface area contributed by atoms with Crippen LogP contribution in [0.4, 0.5) is 52.7 Å². The molecule has 0 bridgehead atoms. The predicted molar refractivity (Wildman–Crippen MR) is 75.0 cm³/mol. The number of hydrogen-bond acceptors (Lipinski definition) is 7. The van der Waals surface area contributed by atoms with Crippen molar-refractivity contribution in [2.24, 2.45) is 0 Å². The zero-order valence-corrected chi connectivity index (χ0v) is 15.7. The number of ether oxygens (including phenoxy) is 5. The van der Waals surface area contributed by atoms with Crippen LogP contribution < -0.4 is 0 Å². The molecule has 0 aliphatic rings. The van der Waals surface area contributed by atoms with Gasteiger partial charge in [0.2, 0.25) is 0 Å². The van der Waals surface area contributed by atoms with Crippen LogP contribution in [0.15, 0.2) is 0 Å². The highest BCUT2D eigenvalue weighted by molar-refractivity contribution is 4.77. The lowest BCUT2D eigenvalue weighted by molar-refractivity contribution is -0.558. The Bertz CT molecular complexity index is 650. The van der Waals surface area contributed by atoms with Crippen molar-refractivity contribution in [3.63, 3.8) is 0 Å². The van der Waals surface area contributed by atoms with E-state index in [0.717, 1.165) is 0 Å². The van der Waals surface area contributed by atoms with Gasteiger partial charge in [-0.1, -0.05) is 0 Å². The summed E-state index contributed by atoms with van der Waals surface area (Å²) in [5, 5.41) is 16.2. The van der Waals surface area contributed by atoms with E-state index in [1.165, 1.54) is 12.1 Å². The molecule has 0 atom stereocenters. The maximum Gasteiger partial charge on any atom is 0.453 e. The van der Waals surface area contributed by atoms with E-state index in [-0.39, 0.29) is 0 Å². The summed E-state index contributed by atoms with van der Waals surface area (Å²) < 4.78 is 173. The Kier molecular flexibility index (Phi) is 10.7. The third kappa shape index (κ3) is 10.2. The molecule has 0 spiro atoms. The van der Waals surface area contributed by atoms with Gasteiger partial charge in [-0.2, -0.15) is 63.2 Å². The van der Waals surface area contributed by atoms with Gasteiger partial charge in [0, 0.05) is 0 Å². The van der Waals surface area contributed by atoms with E-state index in [1.807, 2.05) is 4.74 Å². The fourth-order valence-corrected chi connectivity index (χ4v) is 1.45. The summed E-state index contributed by atoms with van der Waals surface area (Å²) in [5.41, 5.74) is 0. The zero-order valence-electron chi connectivity index (χ0n) is 15.7. The van der Waals surface area contributed by atoms with Crippen molar-refractivity contribution < 1.29 is 76.4 Å². The molecule has 0 aliphatic heterocycles. The second-order valence-electron chi connectivity index (χ2n) is 5.57. The van der Waals surface area contributed by atoms with Crippen molar-refractivity contribution in [1.82, 2.24) is 0 Å². The summed E-state index contributed by atoms with van der Waals surface area (Å²) in [7, 11) is 0. The first-order chi connectivity index (χ1) is 14.7. The molecule has 0 aromatic heterocycles. The highest BCUT2D eigenvalue weighted by Crippen LogP contribution is 2.48. The normalized spacial score (nSPS) is 14.1. The molecule has 0 rings (SSSR count). The average Bonchev–Trinajstić information content (AvgIpc) is 2.59. The standard InChI is InChI=1S/C14H12F12N2O5/c15-9(16,7-29-5-1-3-27)31-11(19,20)13(23,24)33-14(25,26)12(21,22)32-10(17,18)8-30-6-2-4-28/h1-2,5-8H2. The number of alkyl halides is 12. The van der Waals surface area contributed by atoms with Crippen molar-refractivity contribution in [3.05, 3.63) is 0 Å². The fraction of sp³-hybridized carbons (Fsp3) is 0.857. The van der Waals surface area contributed by atoms with E-state index in [0.29, 0.717) is 0 Å². The van der Waals surface area contributed by atoms with Crippen LogP contribution in [0.5, 0.6) is 0 Å². The predicted octanol–water partition coefficient (Wildman–Crippen LogP) is 4.45. The lowest BCUT2D eigenvalue weighted by Gasteiger charge is -2.34. The van der Waals surface area contributed by atoms with Crippen molar-refractivity contribution in [2.75, 3.05) is 26.4 Å². The molecule has 0 amide bonds. The molecule has 19 heteroatoms. The van der Waals surface area contributed by atoms with Crippen LogP contribution in [0, 0.1) is 22.7 Å². The molecule has 0 aromatic rings. The second-order valence-corrected chi connectivity index (χ2v) is 5.57. The molecule has 7 nitrogen and oxygen atoms in total. The maximum absolute atomic E-state index is 13.3. The van der Waals surface area contributed by atoms with Crippen molar-refractivity contribution in [1.29, 1.82) is 10.5 Å². The van der Waals surface area contributed by atoms with Gasteiger partial charge in [0.1, 0.15) is 13.2 Å². The van der Waals surface area contributed by atoms with E-state index in [4.69, 9.17) is 10.5 Å². The van der Waals surface area contributed by atoms with Gasteiger partial charge < -0.3 is 9.47 Å². The molecule has 0 N–H and O–H groups in total. The topological polar surface area (TPSA) is 93.7 Å². The van der Waals surface area contributed by atoms with Crippen LogP contribution in [0.25, 0.3) is 0 Å². The number of nitriles is 2. The van der Waals surface area contributed by atoms with E-state index >= 15 is 0 Å². The molecule has 192 valence electrons. The molecule has 0 saturated carbocycles. The molecular formula is C14H12F12N2O5. The monoisotopic (exact) mass is 516 g/mol. The summed E-state index contributed by atoms with van der Waals surface area (Å²) in [6.07, 6.45) is -39.2. The number of halogens is 12. The maximum atomic E-state index is 13.3. The average molecular weight is 516 g/mol. The second kappa shape index (κ2) is 11.4. The smallest absolute Gasteiger partial charge is 0.371 e.